The van der Waals surface area contributed by atoms with E-state index in [4.69, 9.17) is 4.89 Å². The Kier molecular flexibility index (Phi) is 4.06. The minimum absolute atomic E-state index is 0.167. The second-order valence-corrected chi connectivity index (χ2v) is 3.49. The first-order valence-corrected chi connectivity index (χ1v) is 4.52. The molecule has 0 spiro atoms. The molecule has 0 fully saturated rings. The average Bonchev–Trinajstić information content (AvgIpc) is 1.63. The molecule has 0 heterocycles. The van der Waals surface area contributed by atoms with Crippen LogP contribution in [-0.4, -0.2) is 31.9 Å². The second-order valence-electron chi connectivity index (χ2n) is 1.63. The summed E-state index contributed by atoms with van der Waals surface area (Å²) in [5.41, 5.74) is 0. The highest BCUT2D eigenvalue weighted by Crippen LogP contribution is 2.35. The highest BCUT2D eigenvalue weighted by molar-refractivity contribution is 7.51. The maximum absolute atomic E-state index is 10.4. The summed E-state index contributed by atoms with van der Waals surface area (Å²) in [6.07, 6.45) is 0. The molecule has 4 nitrogen and oxygen atoms in total. The van der Waals surface area contributed by atoms with Crippen LogP contribution in [0, 0.1) is 0 Å². The predicted molar refractivity (Wildman–Crippen MR) is 33.6 cm³/mol. The van der Waals surface area contributed by atoms with Gasteiger partial charge in [0.2, 0.25) is 0 Å². The van der Waals surface area contributed by atoms with E-state index in [0.717, 1.165) is 6.66 Å². The van der Waals surface area contributed by atoms with Gasteiger partial charge in [-0.3, -0.25) is 4.57 Å². The minimum atomic E-state index is -3.28. The first-order valence-electron chi connectivity index (χ1n) is 2.50. The Bertz CT molecular complexity index is 107. The largest absolute Gasteiger partial charge is 0.382 e. The third-order valence-corrected chi connectivity index (χ3v) is 1.28. The van der Waals surface area contributed by atoms with Crippen LogP contribution in [0.25, 0.3) is 0 Å². The zero-order chi connectivity index (χ0) is 7.33. The summed E-state index contributed by atoms with van der Waals surface area (Å²) in [7, 11) is -1.77. The summed E-state index contributed by atoms with van der Waals surface area (Å²) in [5.74, 6) is 0. The van der Waals surface area contributed by atoms with Gasteiger partial charge in [-0.25, -0.2) is 0 Å². The van der Waals surface area contributed by atoms with E-state index in [2.05, 4.69) is 9.26 Å². The Balaban J connectivity index is 3.18. The van der Waals surface area contributed by atoms with Gasteiger partial charge in [0.05, 0.1) is 13.2 Å². The standard InChI is InChI=1S/C4H11O4P/c1-7-3-4-8-9(2,5)6/h3-4H2,1-2H3,(H,5,6). The van der Waals surface area contributed by atoms with Gasteiger partial charge in [0.1, 0.15) is 0 Å². The van der Waals surface area contributed by atoms with Gasteiger partial charge in [0, 0.05) is 13.8 Å². The van der Waals surface area contributed by atoms with Gasteiger partial charge < -0.3 is 14.2 Å². The van der Waals surface area contributed by atoms with Crippen LogP contribution in [0.1, 0.15) is 0 Å². The summed E-state index contributed by atoms with van der Waals surface area (Å²) >= 11 is 0. The molecule has 0 aromatic heterocycles. The molecule has 1 N–H and O–H groups in total. The summed E-state index contributed by atoms with van der Waals surface area (Å²) in [6.45, 7) is 1.65. The van der Waals surface area contributed by atoms with Crippen LogP contribution >= 0.6 is 7.60 Å². The lowest BCUT2D eigenvalue weighted by molar-refractivity contribution is 0.139. The molecule has 56 valence electrons. The lowest BCUT2D eigenvalue weighted by Gasteiger charge is -2.04. The van der Waals surface area contributed by atoms with E-state index < -0.39 is 7.60 Å². The fraction of sp³-hybridized carbons (Fsp3) is 1.00. The third-order valence-electron chi connectivity index (χ3n) is 0.618. The molecule has 9 heavy (non-hydrogen) atoms. The maximum Gasteiger partial charge on any atom is 0.325 e. The zero-order valence-corrected chi connectivity index (χ0v) is 6.43. The zero-order valence-electron chi connectivity index (χ0n) is 5.53. The molecule has 1 atom stereocenters. The normalized spacial score (nSPS) is 17.2. The van der Waals surface area contributed by atoms with Crippen molar-refractivity contribution >= 4 is 7.60 Å². The lowest BCUT2D eigenvalue weighted by Crippen LogP contribution is -1.98. The van der Waals surface area contributed by atoms with Gasteiger partial charge in [-0.2, -0.15) is 0 Å². The smallest absolute Gasteiger partial charge is 0.325 e. The van der Waals surface area contributed by atoms with Gasteiger partial charge >= 0.3 is 7.60 Å². The van der Waals surface area contributed by atoms with Crippen LogP contribution in [0.3, 0.4) is 0 Å². The average molecular weight is 154 g/mol. The molecule has 0 rings (SSSR count). The van der Waals surface area contributed by atoms with Crippen LogP contribution < -0.4 is 0 Å². The first-order chi connectivity index (χ1) is 4.06. The Labute approximate surface area is 54.3 Å². The highest BCUT2D eigenvalue weighted by atomic mass is 31.2. The highest BCUT2D eigenvalue weighted by Gasteiger charge is 2.07. The fourth-order valence-corrected chi connectivity index (χ4v) is 0.703. The summed E-state index contributed by atoms with van der Waals surface area (Å²) in [5, 5.41) is 0. The minimum Gasteiger partial charge on any atom is -0.382 e. The molecule has 0 aliphatic heterocycles. The number of rotatable bonds is 4. The number of ether oxygens (including phenoxy) is 1. The SMILES string of the molecule is COCCOP(C)(=O)O. The number of methoxy groups -OCH3 is 1. The Morgan fingerprint density at radius 2 is 2.11 bits per heavy atom. The predicted octanol–water partition coefficient (Wildman–Crippen LogP) is 0.465. The number of hydrogen-bond donors (Lipinski definition) is 1. The summed E-state index contributed by atoms with van der Waals surface area (Å²) in [6, 6.07) is 0. The van der Waals surface area contributed by atoms with Crippen molar-refractivity contribution in [3.05, 3.63) is 0 Å². The van der Waals surface area contributed by atoms with E-state index in [0.29, 0.717) is 6.61 Å². The third kappa shape index (κ3) is 8.11. The van der Waals surface area contributed by atoms with Gasteiger partial charge in [-0.05, 0) is 0 Å². The molecule has 0 saturated carbocycles. The molecular weight excluding hydrogens is 143 g/mol. The molecule has 5 heteroatoms. The van der Waals surface area contributed by atoms with Gasteiger partial charge in [-0.15, -0.1) is 0 Å². The van der Waals surface area contributed by atoms with Crippen LogP contribution in [0.4, 0.5) is 0 Å². The molecule has 0 aliphatic carbocycles. The molecule has 0 aromatic rings. The van der Waals surface area contributed by atoms with Crippen molar-refractivity contribution in [2.24, 2.45) is 0 Å². The molecule has 0 bridgehead atoms. The summed E-state index contributed by atoms with van der Waals surface area (Å²) in [4.78, 5) is 8.52. The maximum atomic E-state index is 10.4. The van der Waals surface area contributed by atoms with Crippen molar-refractivity contribution in [1.29, 1.82) is 0 Å². The van der Waals surface area contributed by atoms with Gasteiger partial charge in [0.25, 0.3) is 0 Å². The van der Waals surface area contributed by atoms with Crippen molar-refractivity contribution in [1.82, 2.24) is 0 Å². The van der Waals surface area contributed by atoms with E-state index >= 15 is 0 Å². The van der Waals surface area contributed by atoms with Gasteiger partial charge in [0.15, 0.2) is 0 Å². The lowest BCUT2D eigenvalue weighted by atomic mass is 10.8. The van der Waals surface area contributed by atoms with Crippen LogP contribution in [0.15, 0.2) is 0 Å². The Hall–Kier alpha value is 0.110. The van der Waals surface area contributed by atoms with Crippen molar-refractivity contribution in [2.75, 3.05) is 27.0 Å². The summed E-state index contributed by atoms with van der Waals surface area (Å²) < 4.78 is 19.4. The van der Waals surface area contributed by atoms with Gasteiger partial charge in [-0.1, -0.05) is 0 Å². The molecule has 0 radical (unpaired) electrons. The quantitative estimate of drug-likeness (QED) is 0.472. The topological polar surface area (TPSA) is 55.8 Å². The second kappa shape index (κ2) is 4.01. The van der Waals surface area contributed by atoms with Crippen molar-refractivity contribution in [2.45, 2.75) is 0 Å². The molecule has 0 aromatic carbocycles. The fourth-order valence-electron chi connectivity index (χ4n) is 0.290. The molecular formula is C4H11O4P. The molecule has 0 amide bonds. The Morgan fingerprint density at radius 3 is 2.44 bits per heavy atom. The van der Waals surface area contributed by atoms with E-state index in [1.54, 1.807) is 0 Å². The monoisotopic (exact) mass is 154 g/mol. The van der Waals surface area contributed by atoms with Crippen LogP contribution in [-0.2, 0) is 13.8 Å². The molecule has 1 unspecified atom stereocenters. The van der Waals surface area contributed by atoms with E-state index in [1.165, 1.54) is 7.11 Å². The van der Waals surface area contributed by atoms with Crippen molar-refractivity contribution in [3.63, 3.8) is 0 Å². The van der Waals surface area contributed by atoms with Crippen molar-refractivity contribution in [3.8, 4) is 0 Å². The van der Waals surface area contributed by atoms with Crippen LogP contribution in [0.2, 0.25) is 0 Å². The number of hydrogen-bond acceptors (Lipinski definition) is 3. The Morgan fingerprint density at radius 1 is 1.56 bits per heavy atom. The molecule has 0 saturated heterocycles. The van der Waals surface area contributed by atoms with E-state index in [1.807, 2.05) is 0 Å². The first kappa shape index (κ1) is 9.11. The van der Waals surface area contributed by atoms with E-state index in [-0.39, 0.29) is 6.61 Å². The molecule has 0 aliphatic rings. The van der Waals surface area contributed by atoms with E-state index in [9.17, 15) is 4.57 Å². The van der Waals surface area contributed by atoms with Crippen molar-refractivity contribution < 1.29 is 18.7 Å². The van der Waals surface area contributed by atoms with Crippen LogP contribution in [0.5, 0.6) is 0 Å².